The highest BCUT2D eigenvalue weighted by Gasteiger charge is 2.08. The summed E-state index contributed by atoms with van der Waals surface area (Å²) in [5, 5.41) is 8.04. The van der Waals surface area contributed by atoms with Crippen LogP contribution in [0.25, 0.3) is 0 Å². The molecule has 1 unspecified atom stereocenters. The SMILES string of the molecule is CCn1nc(C)cc1CNCC(Cl)CC(C)C. The lowest BCUT2D eigenvalue weighted by molar-refractivity contribution is 0.521. The van der Waals surface area contributed by atoms with Gasteiger partial charge in [-0.25, -0.2) is 0 Å². The van der Waals surface area contributed by atoms with Gasteiger partial charge in [0.2, 0.25) is 0 Å². The predicted molar refractivity (Wildman–Crippen MR) is 73.4 cm³/mol. The van der Waals surface area contributed by atoms with E-state index >= 15 is 0 Å². The van der Waals surface area contributed by atoms with E-state index in [2.05, 4.69) is 37.3 Å². The number of alkyl halides is 1. The van der Waals surface area contributed by atoms with Crippen molar-refractivity contribution in [2.24, 2.45) is 5.92 Å². The molecule has 0 radical (unpaired) electrons. The van der Waals surface area contributed by atoms with E-state index in [4.69, 9.17) is 11.6 Å². The lowest BCUT2D eigenvalue weighted by atomic mass is 10.1. The van der Waals surface area contributed by atoms with Crippen LogP contribution in [-0.2, 0) is 13.1 Å². The fraction of sp³-hybridized carbons (Fsp3) is 0.769. The van der Waals surface area contributed by atoms with Crippen LogP contribution < -0.4 is 5.32 Å². The minimum absolute atomic E-state index is 0.217. The molecule has 0 aliphatic heterocycles. The Bertz CT molecular complexity index is 333. The predicted octanol–water partition coefficient (Wildman–Crippen LogP) is 2.95. The average molecular weight is 258 g/mol. The van der Waals surface area contributed by atoms with E-state index in [0.29, 0.717) is 5.92 Å². The van der Waals surface area contributed by atoms with Gasteiger partial charge >= 0.3 is 0 Å². The van der Waals surface area contributed by atoms with E-state index < -0.39 is 0 Å². The molecule has 0 fully saturated rings. The summed E-state index contributed by atoms with van der Waals surface area (Å²) in [6, 6.07) is 2.13. The summed E-state index contributed by atoms with van der Waals surface area (Å²) in [6.07, 6.45) is 1.06. The molecule has 0 aliphatic carbocycles. The number of rotatable bonds is 7. The Hall–Kier alpha value is -0.540. The molecule has 1 N–H and O–H groups in total. The number of halogens is 1. The maximum atomic E-state index is 6.24. The minimum Gasteiger partial charge on any atom is -0.310 e. The zero-order valence-corrected chi connectivity index (χ0v) is 12.1. The van der Waals surface area contributed by atoms with Crippen molar-refractivity contribution in [1.82, 2.24) is 15.1 Å². The van der Waals surface area contributed by atoms with Gasteiger partial charge in [-0.2, -0.15) is 5.10 Å². The van der Waals surface area contributed by atoms with E-state index in [-0.39, 0.29) is 5.38 Å². The first-order valence-corrected chi connectivity index (χ1v) is 6.84. The topological polar surface area (TPSA) is 29.9 Å². The van der Waals surface area contributed by atoms with Gasteiger partial charge in [-0.15, -0.1) is 11.6 Å². The number of aromatic nitrogens is 2. The molecule has 1 aromatic heterocycles. The van der Waals surface area contributed by atoms with Crippen LogP contribution in [0.1, 0.15) is 38.6 Å². The number of hydrogen-bond donors (Lipinski definition) is 1. The second-order valence-corrected chi connectivity index (χ2v) is 5.57. The van der Waals surface area contributed by atoms with Gasteiger partial charge in [0.05, 0.1) is 11.4 Å². The molecular formula is C13H24ClN3. The Balaban J connectivity index is 2.35. The van der Waals surface area contributed by atoms with Gasteiger partial charge in [0.1, 0.15) is 0 Å². The van der Waals surface area contributed by atoms with Crippen LogP contribution in [-0.4, -0.2) is 21.7 Å². The largest absolute Gasteiger partial charge is 0.310 e. The minimum atomic E-state index is 0.217. The summed E-state index contributed by atoms with van der Waals surface area (Å²) < 4.78 is 2.04. The summed E-state index contributed by atoms with van der Waals surface area (Å²) in [7, 11) is 0. The maximum Gasteiger partial charge on any atom is 0.0597 e. The van der Waals surface area contributed by atoms with Gasteiger partial charge < -0.3 is 5.32 Å². The van der Waals surface area contributed by atoms with E-state index in [9.17, 15) is 0 Å². The zero-order valence-electron chi connectivity index (χ0n) is 11.3. The Morgan fingerprint density at radius 3 is 2.76 bits per heavy atom. The zero-order chi connectivity index (χ0) is 12.8. The summed E-state index contributed by atoms with van der Waals surface area (Å²) >= 11 is 6.24. The monoisotopic (exact) mass is 257 g/mol. The van der Waals surface area contributed by atoms with Crippen molar-refractivity contribution in [2.45, 2.75) is 52.6 Å². The molecule has 0 saturated heterocycles. The molecular weight excluding hydrogens is 234 g/mol. The molecule has 0 aliphatic rings. The van der Waals surface area contributed by atoms with Crippen molar-refractivity contribution < 1.29 is 0 Å². The van der Waals surface area contributed by atoms with E-state index in [1.54, 1.807) is 0 Å². The fourth-order valence-corrected chi connectivity index (χ4v) is 2.43. The van der Waals surface area contributed by atoms with Gasteiger partial charge in [-0.3, -0.25) is 4.68 Å². The summed E-state index contributed by atoms with van der Waals surface area (Å²) in [5.74, 6) is 0.655. The molecule has 0 saturated carbocycles. The maximum absolute atomic E-state index is 6.24. The quantitative estimate of drug-likeness (QED) is 0.762. The Labute approximate surface area is 110 Å². The molecule has 0 spiro atoms. The molecule has 0 amide bonds. The lowest BCUT2D eigenvalue weighted by Gasteiger charge is -2.13. The van der Waals surface area contributed by atoms with Crippen molar-refractivity contribution in [3.63, 3.8) is 0 Å². The van der Waals surface area contributed by atoms with Crippen LogP contribution >= 0.6 is 11.6 Å². The van der Waals surface area contributed by atoms with Crippen LogP contribution in [0.3, 0.4) is 0 Å². The second-order valence-electron chi connectivity index (χ2n) is 4.95. The van der Waals surface area contributed by atoms with Gasteiger partial charge in [-0.1, -0.05) is 13.8 Å². The lowest BCUT2D eigenvalue weighted by Crippen LogP contribution is -2.25. The van der Waals surface area contributed by atoms with Crippen molar-refractivity contribution >= 4 is 11.6 Å². The molecule has 1 atom stereocenters. The number of nitrogens with zero attached hydrogens (tertiary/aromatic N) is 2. The molecule has 98 valence electrons. The third-order valence-corrected chi connectivity index (χ3v) is 3.02. The third-order valence-electron chi connectivity index (χ3n) is 2.68. The van der Waals surface area contributed by atoms with Crippen molar-refractivity contribution in [2.75, 3.05) is 6.54 Å². The van der Waals surface area contributed by atoms with Crippen LogP contribution in [0.4, 0.5) is 0 Å². The number of hydrogen-bond acceptors (Lipinski definition) is 2. The Morgan fingerprint density at radius 1 is 1.47 bits per heavy atom. The second kappa shape index (κ2) is 7.02. The van der Waals surface area contributed by atoms with Gasteiger partial charge in [0.15, 0.2) is 0 Å². The van der Waals surface area contributed by atoms with Gasteiger partial charge in [0.25, 0.3) is 0 Å². The summed E-state index contributed by atoms with van der Waals surface area (Å²) in [6.45, 7) is 11.2. The molecule has 4 heteroatoms. The number of aryl methyl sites for hydroxylation is 2. The molecule has 1 heterocycles. The van der Waals surface area contributed by atoms with Crippen LogP contribution in [0.5, 0.6) is 0 Å². The van der Waals surface area contributed by atoms with E-state index in [0.717, 1.165) is 31.7 Å². The molecule has 1 aromatic rings. The first-order chi connectivity index (χ1) is 8.02. The molecule has 0 bridgehead atoms. The fourth-order valence-electron chi connectivity index (χ4n) is 1.97. The van der Waals surface area contributed by atoms with Crippen molar-refractivity contribution in [3.05, 3.63) is 17.5 Å². The third kappa shape index (κ3) is 5.09. The van der Waals surface area contributed by atoms with Crippen LogP contribution in [0, 0.1) is 12.8 Å². The van der Waals surface area contributed by atoms with Crippen molar-refractivity contribution in [3.8, 4) is 0 Å². The standard InChI is InChI=1S/C13H24ClN3/c1-5-17-13(7-11(4)16-17)9-15-8-12(14)6-10(2)3/h7,10,12,15H,5-6,8-9H2,1-4H3. The van der Waals surface area contributed by atoms with Crippen LogP contribution in [0.2, 0.25) is 0 Å². The molecule has 3 nitrogen and oxygen atoms in total. The summed E-state index contributed by atoms with van der Waals surface area (Å²) in [4.78, 5) is 0. The average Bonchev–Trinajstić information content (AvgIpc) is 2.57. The number of nitrogens with one attached hydrogen (secondary N) is 1. The first-order valence-electron chi connectivity index (χ1n) is 6.41. The molecule has 1 rings (SSSR count). The van der Waals surface area contributed by atoms with Crippen LogP contribution in [0.15, 0.2) is 6.07 Å². The normalized spacial score (nSPS) is 13.3. The highest BCUT2D eigenvalue weighted by atomic mass is 35.5. The first kappa shape index (κ1) is 14.5. The summed E-state index contributed by atoms with van der Waals surface area (Å²) in [5.41, 5.74) is 2.31. The van der Waals surface area contributed by atoms with Gasteiger partial charge in [-0.05, 0) is 32.3 Å². The van der Waals surface area contributed by atoms with Crippen molar-refractivity contribution in [1.29, 1.82) is 0 Å². The van der Waals surface area contributed by atoms with E-state index in [1.165, 1.54) is 5.69 Å². The Morgan fingerprint density at radius 2 is 2.18 bits per heavy atom. The smallest absolute Gasteiger partial charge is 0.0597 e. The highest BCUT2D eigenvalue weighted by Crippen LogP contribution is 2.10. The Kier molecular flexibility index (Phi) is 6.00. The molecule has 0 aromatic carbocycles. The highest BCUT2D eigenvalue weighted by molar-refractivity contribution is 6.20. The molecule has 17 heavy (non-hydrogen) atoms. The van der Waals surface area contributed by atoms with Gasteiger partial charge in [0, 0.05) is 25.0 Å². The van der Waals surface area contributed by atoms with E-state index in [1.807, 2.05) is 11.6 Å².